The summed E-state index contributed by atoms with van der Waals surface area (Å²) in [4.78, 5) is 4.92. The van der Waals surface area contributed by atoms with Gasteiger partial charge in [-0.15, -0.1) is 0 Å². The van der Waals surface area contributed by atoms with Gasteiger partial charge in [-0.1, -0.05) is 0 Å². The van der Waals surface area contributed by atoms with Crippen LogP contribution in [0.5, 0.6) is 0 Å². The molecule has 3 aliphatic rings. The van der Waals surface area contributed by atoms with Crippen LogP contribution < -0.4 is 5.32 Å². The van der Waals surface area contributed by atoms with Gasteiger partial charge in [-0.2, -0.15) is 5.10 Å². The lowest BCUT2D eigenvalue weighted by molar-refractivity contribution is -0.0394. The van der Waals surface area contributed by atoms with Crippen LogP contribution in [-0.2, 0) is 11.3 Å². The van der Waals surface area contributed by atoms with E-state index in [1.54, 1.807) is 0 Å². The molecule has 3 aromatic rings. The van der Waals surface area contributed by atoms with Gasteiger partial charge in [-0.3, -0.25) is 0 Å². The molecule has 28 heavy (non-hydrogen) atoms. The van der Waals surface area contributed by atoms with Gasteiger partial charge in [0, 0.05) is 43.2 Å². The summed E-state index contributed by atoms with van der Waals surface area (Å²) in [5.74, 6) is 0.753. The van der Waals surface area contributed by atoms with Crippen LogP contribution in [0, 0.1) is 5.92 Å². The van der Waals surface area contributed by atoms with Gasteiger partial charge in [0.05, 0.1) is 22.9 Å². The Balaban J connectivity index is 1.23. The molecule has 6 nitrogen and oxygen atoms in total. The molecule has 3 saturated heterocycles. The molecule has 0 spiro atoms. The molecule has 146 valence electrons. The number of aromatic nitrogens is 4. The normalized spacial score (nSPS) is 29.7. The molecule has 3 aliphatic heterocycles. The van der Waals surface area contributed by atoms with Gasteiger partial charge >= 0.3 is 0 Å². The van der Waals surface area contributed by atoms with Crippen LogP contribution in [0.15, 0.2) is 36.8 Å². The van der Waals surface area contributed by atoms with Crippen LogP contribution in [0.25, 0.3) is 22.3 Å². The molecule has 0 aliphatic carbocycles. The maximum atomic E-state index is 5.84. The van der Waals surface area contributed by atoms with E-state index < -0.39 is 0 Å². The molecule has 4 atom stereocenters. The minimum Gasteiger partial charge on any atom is -0.357 e. The molecule has 3 aromatic heterocycles. The molecule has 4 unspecified atom stereocenters. The lowest BCUT2D eigenvalue weighted by Crippen LogP contribution is -2.25. The van der Waals surface area contributed by atoms with Crippen molar-refractivity contribution in [2.45, 2.75) is 63.4 Å². The van der Waals surface area contributed by atoms with Crippen molar-refractivity contribution in [1.29, 1.82) is 0 Å². The Kier molecular flexibility index (Phi) is 4.01. The molecule has 3 fully saturated rings. The average Bonchev–Trinajstić information content (AvgIpc) is 3.53. The van der Waals surface area contributed by atoms with Gasteiger partial charge in [-0.05, 0) is 62.6 Å². The van der Waals surface area contributed by atoms with E-state index in [0.29, 0.717) is 6.04 Å². The van der Waals surface area contributed by atoms with E-state index in [1.807, 2.05) is 10.9 Å². The van der Waals surface area contributed by atoms with Crippen molar-refractivity contribution in [3.05, 3.63) is 36.8 Å². The number of hydrogen-bond acceptors (Lipinski definition) is 4. The zero-order chi connectivity index (χ0) is 18.5. The fourth-order valence-corrected chi connectivity index (χ4v) is 5.35. The minimum absolute atomic E-state index is 0.0719. The number of nitrogens with one attached hydrogen (secondary N) is 1. The minimum atomic E-state index is 0.0719. The first-order valence-corrected chi connectivity index (χ1v) is 10.7. The SMILES string of the molecule is c1nn(C2CCCCO2)cc1-c1ccc2c(ccn2CC2CC3CCC2N3)n1. The first-order chi connectivity index (χ1) is 13.8. The maximum Gasteiger partial charge on any atom is 0.150 e. The Hall–Kier alpha value is -2.18. The molecule has 0 aromatic carbocycles. The quantitative estimate of drug-likeness (QED) is 0.753. The number of nitrogens with zero attached hydrogens (tertiary/aromatic N) is 4. The van der Waals surface area contributed by atoms with E-state index in [4.69, 9.17) is 9.72 Å². The van der Waals surface area contributed by atoms with Crippen molar-refractivity contribution in [2.75, 3.05) is 6.61 Å². The molecular formula is C22H27N5O. The van der Waals surface area contributed by atoms with Gasteiger partial charge in [-0.25, -0.2) is 9.67 Å². The van der Waals surface area contributed by atoms with Crippen molar-refractivity contribution < 1.29 is 4.74 Å². The van der Waals surface area contributed by atoms with Crippen molar-refractivity contribution >= 4 is 11.0 Å². The third-order valence-electron chi connectivity index (χ3n) is 6.84. The number of hydrogen-bond donors (Lipinski definition) is 1. The molecule has 0 radical (unpaired) electrons. The highest BCUT2D eigenvalue weighted by Gasteiger charge is 2.38. The fourth-order valence-electron chi connectivity index (χ4n) is 5.35. The van der Waals surface area contributed by atoms with Crippen LogP contribution in [0.3, 0.4) is 0 Å². The highest BCUT2D eigenvalue weighted by Crippen LogP contribution is 2.35. The summed E-state index contributed by atoms with van der Waals surface area (Å²) in [5, 5.41) is 8.28. The summed E-state index contributed by atoms with van der Waals surface area (Å²) in [6.07, 6.45) is 13.7. The Morgan fingerprint density at radius 2 is 2.14 bits per heavy atom. The zero-order valence-electron chi connectivity index (χ0n) is 16.1. The van der Waals surface area contributed by atoms with Crippen LogP contribution in [0.2, 0.25) is 0 Å². The number of ether oxygens (including phenoxy) is 1. The number of rotatable bonds is 4. The largest absolute Gasteiger partial charge is 0.357 e. The lowest BCUT2D eigenvalue weighted by Gasteiger charge is -2.22. The standard InChI is InChI=1S/C22H27N5O/c1-2-10-28-22(3-1)27-14-16(12-23-27)19-6-7-21-20(25-19)8-9-26(21)13-15-11-17-4-5-18(15)24-17/h6-9,12,14-15,17-18,22,24H,1-5,10-11,13H2. The van der Waals surface area contributed by atoms with Crippen molar-refractivity contribution in [3.63, 3.8) is 0 Å². The highest BCUT2D eigenvalue weighted by atomic mass is 16.5. The number of fused-ring (bicyclic) bond motifs is 3. The summed E-state index contributed by atoms with van der Waals surface area (Å²) in [5.41, 5.74) is 4.33. The van der Waals surface area contributed by atoms with E-state index >= 15 is 0 Å². The molecule has 6 rings (SSSR count). The summed E-state index contributed by atoms with van der Waals surface area (Å²) < 4.78 is 10.2. The Bertz CT molecular complexity index is 986. The predicted molar refractivity (Wildman–Crippen MR) is 108 cm³/mol. The van der Waals surface area contributed by atoms with E-state index in [-0.39, 0.29) is 6.23 Å². The van der Waals surface area contributed by atoms with E-state index in [2.05, 4.69) is 45.6 Å². The molecule has 1 N–H and O–H groups in total. The predicted octanol–water partition coefficient (Wildman–Crippen LogP) is 3.74. The van der Waals surface area contributed by atoms with Crippen molar-refractivity contribution in [3.8, 4) is 11.3 Å². The van der Waals surface area contributed by atoms with Gasteiger partial charge in [0.25, 0.3) is 0 Å². The second kappa shape index (κ2) is 6.71. The van der Waals surface area contributed by atoms with E-state index in [9.17, 15) is 0 Å². The fraction of sp³-hybridized carbons (Fsp3) is 0.545. The summed E-state index contributed by atoms with van der Waals surface area (Å²) in [7, 11) is 0. The smallest absolute Gasteiger partial charge is 0.150 e. The second-order valence-corrected chi connectivity index (χ2v) is 8.64. The monoisotopic (exact) mass is 377 g/mol. The van der Waals surface area contributed by atoms with Gasteiger partial charge in [0.15, 0.2) is 0 Å². The molecule has 6 heteroatoms. The highest BCUT2D eigenvalue weighted by molar-refractivity contribution is 5.79. The molecule has 2 bridgehead atoms. The average molecular weight is 377 g/mol. The maximum absolute atomic E-state index is 5.84. The van der Waals surface area contributed by atoms with Crippen LogP contribution in [0.4, 0.5) is 0 Å². The Labute approximate surface area is 164 Å². The van der Waals surface area contributed by atoms with Gasteiger partial charge in [0.1, 0.15) is 6.23 Å². The zero-order valence-corrected chi connectivity index (χ0v) is 16.1. The van der Waals surface area contributed by atoms with Crippen molar-refractivity contribution in [1.82, 2.24) is 24.6 Å². The van der Waals surface area contributed by atoms with Crippen LogP contribution in [0.1, 0.15) is 44.8 Å². The lowest BCUT2D eigenvalue weighted by atomic mass is 9.89. The molecule has 0 saturated carbocycles. The van der Waals surface area contributed by atoms with Crippen molar-refractivity contribution in [2.24, 2.45) is 5.92 Å². The summed E-state index contributed by atoms with van der Waals surface area (Å²) in [6, 6.07) is 7.95. The van der Waals surface area contributed by atoms with Crippen LogP contribution in [-0.4, -0.2) is 38.0 Å². The Morgan fingerprint density at radius 3 is 2.96 bits per heavy atom. The molecular weight excluding hydrogens is 350 g/mol. The third-order valence-corrected chi connectivity index (χ3v) is 6.84. The summed E-state index contributed by atoms with van der Waals surface area (Å²) >= 11 is 0. The van der Waals surface area contributed by atoms with Crippen LogP contribution >= 0.6 is 0 Å². The van der Waals surface area contributed by atoms with Gasteiger partial charge in [0.2, 0.25) is 0 Å². The van der Waals surface area contributed by atoms with Gasteiger partial charge < -0.3 is 14.6 Å². The topological polar surface area (TPSA) is 56.9 Å². The number of pyridine rings is 1. The third kappa shape index (κ3) is 2.86. The first-order valence-electron chi connectivity index (χ1n) is 10.7. The first kappa shape index (κ1) is 16.7. The second-order valence-electron chi connectivity index (χ2n) is 8.64. The van der Waals surface area contributed by atoms with E-state index in [1.165, 1.54) is 31.2 Å². The molecule has 0 amide bonds. The Morgan fingerprint density at radius 1 is 1.14 bits per heavy atom. The summed E-state index contributed by atoms with van der Waals surface area (Å²) in [6.45, 7) is 1.92. The molecule has 6 heterocycles. The van der Waals surface area contributed by atoms with E-state index in [0.717, 1.165) is 54.7 Å².